The molecule has 1 rings (SSSR count). The van der Waals surface area contributed by atoms with Crippen molar-refractivity contribution in [2.45, 2.75) is 26.2 Å². The van der Waals surface area contributed by atoms with Gasteiger partial charge in [-0.2, -0.15) is 0 Å². The average molecular weight is 182 g/mol. The zero-order chi connectivity index (χ0) is 9.14. The van der Waals surface area contributed by atoms with Gasteiger partial charge in [-0.05, 0) is 36.5 Å². The number of hydrogen-bond donors (Lipinski definition) is 0. The Kier molecular flexibility index (Phi) is 3.16. The zero-order valence-corrected chi connectivity index (χ0v) is 8.36. The molecule has 0 saturated carbocycles. The van der Waals surface area contributed by atoms with E-state index in [9.17, 15) is 0 Å². The predicted molar refractivity (Wildman–Crippen MR) is 54.6 cm³/mol. The second kappa shape index (κ2) is 3.95. The highest BCUT2D eigenvalue weighted by Gasteiger charge is 2.02. The predicted octanol–water partition coefficient (Wildman–Crippen LogP) is 3.84. The Morgan fingerprint density at radius 1 is 1.50 bits per heavy atom. The quantitative estimate of drug-likeness (QED) is 0.651. The maximum absolute atomic E-state index is 6.05. The molecule has 0 aliphatic rings. The summed E-state index contributed by atoms with van der Waals surface area (Å²) in [5.74, 6) is 0.313. The van der Waals surface area contributed by atoms with E-state index in [0.29, 0.717) is 5.92 Å². The van der Waals surface area contributed by atoms with E-state index in [1.165, 1.54) is 11.1 Å². The second-order valence-corrected chi connectivity index (χ2v) is 3.51. The van der Waals surface area contributed by atoms with Crippen molar-refractivity contribution in [2.75, 3.05) is 0 Å². The molecule has 12 heavy (non-hydrogen) atoms. The maximum atomic E-state index is 6.05. The average Bonchev–Trinajstić information content (AvgIpc) is 2.04. The largest absolute Gasteiger partial charge is 0.0840 e. The minimum atomic E-state index is 0.313. The van der Waals surface area contributed by atoms with Crippen LogP contribution >= 0.6 is 11.6 Å². The van der Waals surface area contributed by atoms with Crippen molar-refractivity contribution in [1.82, 2.24) is 0 Å². The summed E-state index contributed by atoms with van der Waals surface area (Å²) in [6.07, 6.45) is 0.991. The summed E-state index contributed by atoms with van der Waals surface area (Å²) in [6, 6.07) is 6.19. The molecule has 0 heterocycles. The van der Waals surface area contributed by atoms with Crippen molar-refractivity contribution in [1.29, 1.82) is 0 Å². The van der Waals surface area contributed by atoms with Crippen LogP contribution in [0.1, 0.15) is 30.9 Å². The SMILES string of the molecule is [CH2]C(C)c1ccc(CC)c(Cl)c1. The van der Waals surface area contributed by atoms with Gasteiger partial charge in [0.2, 0.25) is 0 Å². The van der Waals surface area contributed by atoms with Crippen LogP contribution in [0.2, 0.25) is 5.02 Å². The van der Waals surface area contributed by atoms with Gasteiger partial charge in [-0.3, -0.25) is 0 Å². The molecule has 1 atom stereocenters. The monoisotopic (exact) mass is 181 g/mol. The Morgan fingerprint density at radius 2 is 2.17 bits per heavy atom. The van der Waals surface area contributed by atoms with Gasteiger partial charge in [-0.1, -0.05) is 37.6 Å². The van der Waals surface area contributed by atoms with E-state index in [1.807, 2.05) is 6.07 Å². The van der Waals surface area contributed by atoms with Crippen LogP contribution in [0.25, 0.3) is 0 Å². The first kappa shape index (κ1) is 9.60. The Balaban J connectivity index is 3.02. The summed E-state index contributed by atoms with van der Waals surface area (Å²) in [7, 11) is 0. The minimum Gasteiger partial charge on any atom is -0.0840 e. The molecule has 0 aliphatic carbocycles. The molecule has 0 spiro atoms. The van der Waals surface area contributed by atoms with Gasteiger partial charge < -0.3 is 0 Å². The van der Waals surface area contributed by atoms with Crippen LogP contribution in [0.4, 0.5) is 0 Å². The van der Waals surface area contributed by atoms with Crippen molar-refractivity contribution in [2.24, 2.45) is 0 Å². The molecule has 0 aliphatic heterocycles. The molecule has 0 fully saturated rings. The topological polar surface area (TPSA) is 0 Å². The third-order valence-electron chi connectivity index (χ3n) is 2.03. The molecule has 0 saturated heterocycles. The highest BCUT2D eigenvalue weighted by atomic mass is 35.5. The lowest BCUT2D eigenvalue weighted by molar-refractivity contribution is 0.960. The first-order valence-electron chi connectivity index (χ1n) is 4.26. The van der Waals surface area contributed by atoms with Gasteiger partial charge in [0.15, 0.2) is 0 Å². The molecule has 0 N–H and O–H groups in total. The van der Waals surface area contributed by atoms with Crippen molar-refractivity contribution in [3.05, 3.63) is 41.3 Å². The fraction of sp³-hybridized carbons (Fsp3) is 0.364. The Bertz CT molecular complexity index is 264. The molecule has 1 unspecified atom stereocenters. The molecular weight excluding hydrogens is 168 g/mol. The fourth-order valence-corrected chi connectivity index (χ4v) is 1.48. The molecule has 0 nitrogen and oxygen atoms in total. The molecule has 1 aromatic carbocycles. The van der Waals surface area contributed by atoms with E-state index in [4.69, 9.17) is 11.6 Å². The maximum Gasteiger partial charge on any atom is 0.0440 e. The van der Waals surface area contributed by atoms with E-state index in [0.717, 1.165) is 11.4 Å². The second-order valence-electron chi connectivity index (χ2n) is 3.11. The molecule has 65 valence electrons. The smallest absolute Gasteiger partial charge is 0.0440 e. The lowest BCUT2D eigenvalue weighted by Gasteiger charge is -2.07. The number of rotatable bonds is 2. The van der Waals surface area contributed by atoms with Gasteiger partial charge in [0.1, 0.15) is 0 Å². The van der Waals surface area contributed by atoms with E-state index < -0.39 is 0 Å². The Morgan fingerprint density at radius 3 is 2.58 bits per heavy atom. The number of hydrogen-bond acceptors (Lipinski definition) is 0. The van der Waals surface area contributed by atoms with E-state index >= 15 is 0 Å². The summed E-state index contributed by atoms with van der Waals surface area (Å²) in [6.45, 7) is 8.12. The van der Waals surface area contributed by atoms with Crippen molar-refractivity contribution >= 4 is 11.6 Å². The first-order valence-corrected chi connectivity index (χ1v) is 4.64. The van der Waals surface area contributed by atoms with Crippen LogP contribution in [0.15, 0.2) is 18.2 Å². The molecule has 0 aromatic heterocycles. The van der Waals surface area contributed by atoms with E-state index in [-0.39, 0.29) is 0 Å². The van der Waals surface area contributed by atoms with Gasteiger partial charge in [0.05, 0.1) is 0 Å². The fourth-order valence-electron chi connectivity index (χ4n) is 1.16. The minimum absolute atomic E-state index is 0.313. The molecule has 1 heteroatoms. The number of benzene rings is 1. The first-order chi connectivity index (χ1) is 5.65. The lowest BCUT2D eigenvalue weighted by Crippen LogP contribution is -1.89. The van der Waals surface area contributed by atoms with Crippen LogP contribution in [0.5, 0.6) is 0 Å². The van der Waals surface area contributed by atoms with Crippen LogP contribution in [-0.4, -0.2) is 0 Å². The number of aryl methyl sites for hydroxylation is 1. The summed E-state index contributed by atoms with van der Waals surface area (Å²) in [4.78, 5) is 0. The van der Waals surface area contributed by atoms with Gasteiger partial charge in [0.25, 0.3) is 0 Å². The third kappa shape index (κ3) is 2.01. The van der Waals surface area contributed by atoms with Crippen LogP contribution in [0.3, 0.4) is 0 Å². The van der Waals surface area contributed by atoms with Crippen molar-refractivity contribution in [3.63, 3.8) is 0 Å². The van der Waals surface area contributed by atoms with Gasteiger partial charge in [0, 0.05) is 5.02 Å². The van der Waals surface area contributed by atoms with Crippen molar-refractivity contribution < 1.29 is 0 Å². The Hall–Kier alpha value is -0.490. The highest BCUT2D eigenvalue weighted by Crippen LogP contribution is 2.22. The lowest BCUT2D eigenvalue weighted by atomic mass is 10.0. The van der Waals surface area contributed by atoms with Gasteiger partial charge in [-0.15, -0.1) is 0 Å². The standard InChI is InChI=1S/C11H14Cl/c1-4-9-5-6-10(8(2)3)7-11(9)12/h5-8H,2,4H2,1,3H3. The van der Waals surface area contributed by atoms with Crippen LogP contribution in [0, 0.1) is 6.92 Å². The summed E-state index contributed by atoms with van der Waals surface area (Å²) in [5, 5.41) is 0.866. The summed E-state index contributed by atoms with van der Waals surface area (Å²) < 4.78 is 0. The van der Waals surface area contributed by atoms with E-state index in [1.54, 1.807) is 0 Å². The van der Waals surface area contributed by atoms with Crippen LogP contribution in [-0.2, 0) is 6.42 Å². The van der Waals surface area contributed by atoms with Gasteiger partial charge >= 0.3 is 0 Å². The summed E-state index contributed by atoms with van der Waals surface area (Å²) in [5.41, 5.74) is 2.42. The molecule has 1 aromatic rings. The number of halogens is 1. The van der Waals surface area contributed by atoms with Crippen LogP contribution < -0.4 is 0 Å². The molecule has 1 radical (unpaired) electrons. The Labute approximate surface area is 79.6 Å². The van der Waals surface area contributed by atoms with E-state index in [2.05, 4.69) is 32.9 Å². The molecular formula is C11H14Cl. The highest BCUT2D eigenvalue weighted by molar-refractivity contribution is 6.31. The van der Waals surface area contributed by atoms with Crippen molar-refractivity contribution in [3.8, 4) is 0 Å². The third-order valence-corrected chi connectivity index (χ3v) is 2.38. The molecule has 0 amide bonds. The molecule has 0 bridgehead atoms. The zero-order valence-electron chi connectivity index (χ0n) is 7.60. The summed E-state index contributed by atoms with van der Waals surface area (Å²) >= 11 is 6.05. The van der Waals surface area contributed by atoms with Gasteiger partial charge in [-0.25, -0.2) is 0 Å². The normalized spacial score (nSPS) is 10.8.